The van der Waals surface area contributed by atoms with E-state index in [-0.39, 0.29) is 5.78 Å². The van der Waals surface area contributed by atoms with E-state index in [9.17, 15) is 4.79 Å². The molecule has 2 aromatic carbocycles. The van der Waals surface area contributed by atoms with Crippen molar-refractivity contribution in [3.8, 4) is 17.2 Å². The predicted octanol–water partition coefficient (Wildman–Crippen LogP) is 4.12. The third-order valence-corrected chi connectivity index (χ3v) is 4.20. The van der Waals surface area contributed by atoms with Gasteiger partial charge in [-0.3, -0.25) is 4.79 Å². The van der Waals surface area contributed by atoms with Crippen LogP contribution in [0, 0.1) is 0 Å². The molecule has 0 radical (unpaired) electrons. The number of carbonyl (C=O) groups is 1. The van der Waals surface area contributed by atoms with Gasteiger partial charge in [-0.05, 0) is 54.5 Å². The van der Waals surface area contributed by atoms with Crippen molar-refractivity contribution in [2.75, 3.05) is 28.4 Å². The van der Waals surface area contributed by atoms with Gasteiger partial charge in [0.05, 0.1) is 19.8 Å². The molecule has 2 rings (SSSR count). The summed E-state index contributed by atoms with van der Waals surface area (Å²) in [6.45, 7) is 1.25. The Morgan fingerprint density at radius 1 is 0.964 bits per heavy atom. The number of benzene rings is 2. The molecule has 0 saturated heterocycles. The van der Waals surface area contributed by atoms with E-state index < -0.39 is 6.48 Å². The van der Waals surface area contributed by atoms with Gasteiger partial charge >= 0.3 is 6.48 Å². The summed E-state index contributed by atoms with van der Waals surface area (Å²) in [5.74, 6) is 1.74. The van der Waals surface area contributed by atoms with E-state index in [0.29, 0.717) is 22.8 Å². The maximum absolute atomic E-state index is 12.6. The minimum atomic E-state index is -0.799. The Morgan fingerprint density at radius 3 is 2.18 bits per heavy atom. The zero-order valence-corrected chi connectivity index (χ0v) is 16.9. The third-order valence-electron chi connectivity index (χ3n) is 4.20. The first kappa shape index (κ1) is 21.5. The summed E-state index contributed by atoms with van der Waals surface area (Å²) in [5.41, 5.74) is 2.31. The fourth-order valence-corrected chi connectivity index (χ4v) is 2.74. The molecule has 0 N–H and O–H groups in total. The maximum Gasteiger partial charge on any atom is 0.315 e. The van der Waals surface area contributed by atoms with E-state index in [4.69, 9.17) is 23.7 Å². The summed E-state index contributed by atoms with van der Waals surface area (Å²) < 4.78 is 26.4. The quantitative estimate of drug-likeness (QED) is 0.348. The number of aryl methyl sites for hydroxylation is 1. The van der Waals surface area contributed by atoms with Gasteiger partial charge in [0, 0.05) is 19.8 Å². The van der Waals surface area contributed by atoms with Crippen molar-refractivity contribution in [1.29, 1.82) is 0 Å². The minimum Gasteiger partial charge on any atom is -0.496 e. The summed E-state index contributed by atoms with van der Waals surface area (Å²) in [4.78, 5) is 12.6. The lowest BCUT2D eigenvalue weighted by molar-refractivity contribution is -0.219. The molecule has 0 saturated carbocycles. The number of allylic oxidation sites excluding steroid dienone is 1. The molecule has 0 atom stereocenters. The molecule has 0 fully saturated rings. The Kier molecular flexibility index (Phi) is 8.04. The molecule has 0 spiro atoms. The van der Waals surface area contributed by atoms with Gasteiger partial charge in [0.15, 0.2) is 5.78 Å². The summed E-state index contributed by atoms with van der Waals surface area (Å²) in [6, 6.07) is 10.6. The van der Waals surface area contributed by atoms with Crippen LogP contribution in [0.5, 0.6) is 17.2 Å². The Bertz CT molecular complexity index is 807. The number of carbonyl (C=O) groups excluding carboxylic acids is 1. The van der Waals surface area contributed by atoms with Gasteiger partial charge in [-0.1, -0.05) is 13.0 Å². The predicted molar refractivity (Wildman–Crippen MR) is 107 cm³/mol. The molecule has 0 aliphatic carbocycles. The van der Waals surface area contributed by atoms with Crippen LogP contribution in [0.1, 0.15) is 28.4 Å². The fraction of sp³-hybridized carbons (Fsp3) is 0.318. The van der Waals surface area contributed by atoms with E-state index >= 15 is 0 Å². The van der Waals surface area contributed by atoms with Crippen molar-refractivity contribution in [1.82, 2.24) is 0 Å². The van der Waals surface area contributed by atoms with Crippen molar-refractivity contribution in [2.45, 2.75) is 19.8 Å². The molecule has 0 heterocycles. The monoisotopic (exact) mass is 386 g/mol. The van der Waals surface area contributed by atoms with Crippen LogP contribution < -0.4 is 14.2 Å². The van der Waals surface area contributed by atoms with Gasteiger partial charge in [0.25, 0.3) is 0 Å². The highest BCUT2D eigenvalue weighted by molar-refractivity contribution is 6.07. The van der Waals surface area contributed by atoms with Crippen LogP contribution in [0.4, 0.5) is 0 Å². The van der Waals surface area contributed by atoms with Crippen molar-refractivity contribution in [3.63, 3.8) is 0 Å². The van der Waals surface area contributed by atoms with Crippen LogP contribution in [0.15, 0.2) is 42.5 Å². The highest BCUT2D eigenvalue weighted by Gasteiger charge is 2.13. The highest BCUT2D eigenvalue weighted by atomic mass is 16.8. The standard InChI is InChI=1S/C22H26O6/c1-6-15-9-14-20(24-2)18(21(15)25-3)12-13-19(23)16-7-10-17(11-8-16)28-22(26-4)27-5/h7-14,22H,6H2,1-5H3. The maximum atomic E-state index is 12.6. The van der Waals surface area contributed by atoms with Crippen molar-refractivity contribution >= 4 is 11.9 Å². The summed E-state index contributed by atoms with van der Waals surface area (Å²) in [5, 5.41) is 0. The number of ether oxygens (including phenoxy) is 5. The van der Waals surface area contributed by atoms with Gasteiger partial charge in [-0.25, -0.2) is 0 Å². The largest absolute Gasteiger partial charge is 0.496 e. The molecule has 0 amide bonds. The molecule has 150 valence electrons. The normalized spacial score (nSPS) is 11.1. The van der Waals surface area contributed by atoms with E-state index in [1.807, 2.05) is 19.1 Å². The Balaban J connectivity index is 2.22. The molecule has 6 heteroatoms. The lowest BCUT2D eigenvalue weighted by Gasteiger charge is -2.15. The average Bonchev–Trinajstić information content (AvgIpc) is 2.75. The second kappa shape index (κ2) is 10.5. The van der Waals surface area contributed by atoms with Gasteiger partial charge < -0.3 is 23.7 Å². The van der Waals surface area contributed by atoms with Crippen LogP contribution in [0.3, 0.4) is 0 Å². The van der Waals surface area contributed by atoms with Crippen LogP contribution in [-0.2, 0) is 15.9 Å². The van der Waals surface area contributed by atoms with E-state index in [2.05, 4.69) is 0 Å². The number of hydrogen-bond donors (Lipinski definition) is 0. The molecule has 28 heavy (non-hydrogen) atoms. The lowest BCUT2D eigenvalue weighted by atomic mass is 10.0. The molecule has 0 aliphatic heterocycles. The van der Waals surface area contributed by atoms with E-state index in [1.54, 1.807) is 44.6 Å². The van der Waals surface area contributed by atoms with Gasteiger partial charge in [0.1, 0.15) is 17.2 Å². The zero-order chi connectivity index (χ0) is 20.5. The van der Waals surface area contributed by atoms with Crippen molar-refractivity contribution in [2.24, 2.45) is 0 Å². The fourth-order valence-electron chi connectivity index (χ4n) is 2.74. The smallest absolute Gasteiger partial charge is 0.315 e. The Morgan fingerprint density at radius 2 is 1.64 bits per heavy atom. The molecule has 0 unspecified atom stereocenters. The molecule has 0 aromatic heterocycles. The second-order valence-electron chi connectivity index (χ2n) is 5.83. The highest BCUT2D eigenvalue weighted by Crippen LogP contribution is 2.33. The SMILES string of the molecule is CCc1ccc(OC)c(C=CC(=O)c2ccc(OC(OC)OC)cc2)c1OC. The van der Waals surface area contributed by atoms with Gasteiger partial charge in [-0.15, -0.1) is 0 Å². The van der Waals surface area contributed by atoms with E-state index in [0.717, 1.165) is 17.5 Å². The topological polar surface area (TPSA) is 63.2 Å². The second-order valence-corrected chi connectivity index (χ2v) is 5.83. The lowest BCUT2D eigenvalue weighted by Crippen LogP contribution is -2.20. The number of hydrogen-bond acceptors (Lipinski definition) is 6. The van der Waals surface area contributed by atoms with Gasteiger partial charge in [0.2, 0.25) is 0 Å². The number of methoxy groups -OCH3 is 4. The number of rotatable bonds is 10. The molecular weight excluding hydrogens is 360 g/mol. The van der Waals surface area contributed by atoms with Crippen molar-refractivity contribution < 1.29 is 28.5 Å². The Labute approximate surface area is 165 Å². The summed E-state index contributed by atoms with van der Waals surface area (Å²) in [6.07, 6.45) is 4.03. The third kappa shape index (κ3) is 5.12. The summed E-state index contributed by atoms with van der Waals surface area (Å²) >= 11 is 0. The molecular formula is C22H26O6. The zero-order valence-electron chi connectivity index (χ0n) is 16.9. The van der Waals surface area contributed by atoms with Crippen molar-refractivity contribution in [3.05, 3.63) is 59.2 Å². The van der Waals surface area contributed by atoms with Crippen LogP contribution in [0.2, 0.25) is 0 Å². The first-order valence-electron chi connectivity index (χ1n) is 8.86. The molecule has 0 bridgehead atoms. The average molecular weight is 386 g/mol. The molecule has 0 aliphatic rings. The first-order chi connectivity index (χ1) is 13.6. The first-order valence-corrected chi connectivity index (χ1v) is 8.86. The molecule has 2 aromatic rings. The van der Waals surface area contributed by atoms with Crippen LogP contribution in [-0.4, -0.2) is 40.7 Å². The minimum absolute atomic E-state index is 0.146. The van der Waals surface area contributed by atoms with Gasteiger partial charge in [-0.2, -0.15) is 0 Å². The summed E-state index contributed by atoms with van der Waals surface area (Å²) in [7, 11) is 6.16. The van der Waals surface area contributed by atoms with E-state index in [1.165, 1.54) is 20.3 Å². The van der Waals surface area contributed by atoms with Crippen LogP contribution in [0.25, 0.3) is 6.08 Å². The number of ketones is 1. The van der Waals surface area contributed by atoms with Crippen LogP contribution >= 0.6 is 0 Å². The molecule has 6 nitrogen and oxygen atoms in total. The Hall–Kier alpha value is -2.83.